The average Bonchev–Trinajstić information content (AvgIpc) is 2.89. The van der Waals surface area contributed by atoms with Crippen molar-refractivity contribution in [3.63, 3.8) is 0 Å². The zero-order valence-electron chi connectivity index (χ0n) is 13.5. The van der Waals surface area contributed by atoms with Gasteiger partial charge >= 0.3 is 5.97 Å². The lowest BCUT2D eigenvalue weighted by molar-refractivity contribution is 0.0433. The number of carbonyl (C=O) groups excluding carboxylic acids is 3. The average molecular weight is 339 g/mol. The van der Waals surface area contributed by atoms with E-state index in [-0.39, 0.29) is 42.4 Å². The number of esters is 1. The summed E-state index contributed by atoms with van der Waals surface area (Å²) in [5.74, 6) is -1.40. The minimum Gasteiger partial charge on any atom is -0.460 e. The van der Waals surface area contributed by atoms with Crippen molar-refractivity contribution in [2.75, 3.05) is 19.8 Å². The van der Waals surface area contributed by atoms with Crippen LogP contribution in [0.3, 0.4) is 0 Å². The summed E-state index contributed by atoms with van der Waals surface area (Å²) in [5, 5.41) is 8.70. The Morgan fingerprint density at radius 3 is 2.44 bits per heavy atom. The van der Waals surface area contributed by atoms with E-state index in [0.29, 0.717) is 6.42 Å². The van der Waals surface area contributed by atoms with Gasteiger partial charge in [-0.1, -0.05) is 30.3 Å². The Hall–Kier alpha value is -2.99. The van der Waals surface area contributed by atoms with E-state index in [4.69, 9.17) is 9.84 Å². The fraction of sp³-hybridized carbons (Fsp3) is 0.211. The highest BCUT2D eigenvalue weighted by Gasteiger charge is 2.35. The molecule has 0 saturated carbocycles. The summed E-state index contributed by atoms with van der Waals surface area (Å²) in [6.45, 7) is -0.117. The number of nitrogens with zero attached hydrogens (tertiary/aromatic N) is 1. The number of carbonyl (C=O) groups is 3. The van der Waals surface area contributed by atoms with Crippen LogP contribution >= 0.6 is 0 Å². The largest absolute Gasteiger partial charge is 0.460 e. The standard InChI is InChI=1S/C19H17NO5/c21-10-11-25-19(24)14-6-7-15-16(12-14)18(23)20(17(15)22)9-8-13-4-2-1-3-5-13/h1-7,12,21H,8-11H2. The van der Waals surface area contributed by atoms with Crippen LogP contribution < -0.4 is 0 Å². The lowest BCUT2D eigenvalue weighted by Gasteiger charge is -2.13. The maximum Gasteiger partial charge on any atom is 0.338 e. The Kier molecular flexibility index (Phi) is 4.90. The molecule has 0 radical (unpaired) electrons. The predicted molar refractivity (Wildman–Crippen MR) is 89.3 cm³/mol. The summed E-state index contributed by atoms with van der Waals surface area (Å²) < 4.78 is 4.83. The molecule has 1 aliphatic heterocycles. The summed E-state index contributed by atoms with van der Waals surface area (Å²) in [4.78, 5) is 38.0. The first-order valence-electron chi connectivity index (χ1n) is 7.94. The first kappa shape index (κ1) is 16.9. The Morgan fingerprint density at radius 1 is 1.00 bits per heavy atom. The highest BCUT2D eigenvalue weighted by atomic mass is 16.5. The molecule has 0 spiro atoms. The molecule has 1 heterocycles. The summed E-state index contributed by atoms with van der Waals surface area (Å²) in [5.41, 5.74) is 1.71. The van der Waals surface area contributed by atoms with Crippen LogP contribution in [0.4, 0.5) is 0 Å². The highest BCUT2D eigenvalue weighted by Crippen LogP contribution is 2.24. The van der Waals surface area contributed by atoms with Crippen LogP contribution in [0.1, 0.15) is 36.6 Å². The first-order chi connectivity index (χ1) is 12.1. The second-order valence-electron chi connectivity index (χ2n) is 5.62. The van der Waals surface area contributed by atoms with Crippen molar-refractivity contribution in [1.29, 1.82) is 0 Å². The van der Waals surface area contributed by atoms with Crippen molar-refractivity contribution in [2.24, 2.45) is 0 Å². The van der Waals surface area contributed by atoms with Gasteiger partial charge in [0.1, 0.15) is 6.61 Å². The molecule has 0 aliphatic carbocycles. The third-order valence-electron chi connectivity index (χ3n) is 4.00. The molecule has 25 heavy (non-hydrogen) atoms. The Labute approximate surface area is 144 Å². The van der Waals surface area contributed by atoms with Gasteiger partial charge in [-0.3, -0.25) is 14.5 Å². The normalized spacial score (nSPS) is 13.1. The molecule has 128 valence electrons. The van der Waals surface area contributed by atoms with Crippen LogP contribution in [-0.4, -0.2) is 47.5 Å². The molecule has 0 atom stereocenters. The Balaban J connectivity index is 1.76. The van der Waals surface area contributed by atoms with Crippen LogP contribution in [0.15, 0.2) is 48.5 Å². The molecular formula is C19H17NO5. The first-order valence-corrected chi connectivity index (χ1v) is 7.94. The van der Waals surface area contributed by atoms with Gasteiger partial charge in [-0.15, -0.1) is 0 Å². The van der Waals surface area contributed by atoms with Crippen LogP contribution in [0, 0.1) is 0 Å². The minimum atomic E-state index is -0.639. The fourth-order valence-corrected chi connectivity index (χ4v) is 2.73. The SMILES string of the molecule is O=C(OCCO)c1ccc2c(c1)C(=O)N(CCc1ccccc1)C2=O. The van der Waals surface area contributed by atoms with Gasteiger partial charge < -0.3 is 9.84 Å². The Bertz CT molecular complexity index is 816. The maximum absolute atomic E-state index is 12.5. The van der Waals surface area contributed by atoms with Gasteiger partial charge in [0.15, 0.2) is 0 Å². The number of aliphatic hydroxyl groups excluding tert-OH is 1. The summed E-state index contributed by atoms with van der Waals surface area (Å²) in [6.07, 6.45) is 0.567. The van der Waals surface area contributed by atoms with E-state index < -0.39 is 11.9 Å². The van der Waals surface area contributed by atoms with Gasteiger partial charge in [-0.25, -0.2) is 4.79 Å². The van der Waals surface area contributed by atoms with Crippen LogP contribution in [-0.2, 0) is 11.2 Å². The number of fused-ring (bicyclic) bond motifs is 1. The molecular weight excluding hydrogens is 322 g/mol. The molecule has 0 saturated heterocycles. The molecule has 0 unspecified atom stereocenters. The molecule has 2 aromatic rings. The van der Waals surface area contributed by atoms with Crippen LogP contribution in [0.2, 0.25) is 0 Å². The smallest absolute Gasteiger partial charge is 0.338 e. The molecule has 1 N–H and O–H groups in total. The van der Waals surface area contributed by atoms with Crippen molar-refractivity contribution in [1.82, 2.24) is 4.90 Å². The van der Waals surface area contributed by atoms with E-state index >= 15 is 0 Å². The lowest BCUT2D eigenvalue weighted by atomic mass is 10.1. The number of rotatable bonds is 6. The zero-order valence-corrected chi connectivity index (χ0v) is 13.5. The van der Waals surface area contributed by atoms with Gasteiger partial charge in [0.2, 0.25) is 0 Å². The van der Waals surface area contributed by atoms with Gasteiger partial charge in [0.05, 0.1) is 23.3 Å². The number of imide groups is 1. The van der Waals surface area contributed by atoms with Crippen molar-refractivity contribution in [3.8, 4) is 0 Å². The monoisotopic (exact) mass is 339 g/mol. The van der Waals surface area contributed by atoms with E-state index in [2.05, 4.69) is 0 Å². The van der Waals surface area contributed by atoms with Crippen molar-refractivity contribution < 1.29 is 24.2 Å². The minimum absolute atomic E-state index is 0.119. The topological polar surface area (TPSA) is 83.9 Å². The van der Waals surface area contributed by atoms with E-state index in [1.165, 1.54) is 23.1 Å². The van der Waals surface area contributed by atoms with Gasteiger partial charge in [0.25, 0.3) is 11.8 Å². The van der Waals surface area contributed by atoms with E-state index in [1.54, 1.807) is 0 Å². The molecule has 0 bridgehead atoms. The van der Waals surface area contributed by atoms with Gasteiger partial charge in [-0.05, 0) is 30.2 Å². The van der Waals surface area contributed by atoms with Crippen molar-refractivity contribution >= 4 is 17.8 Å². The third kappa shape index (κ3) is 3.44. The number of ether oxygens (including phenoxy) is 1. The van der Waals surface area contributed by atoms with Crippen molar-refractivity contribution in [3.05, 3.63) is 70.8 Å². The molecule has 2 amide bonds. The molecule has 2 aromatic carbocycles. The number of hydrogen-bond donors (Lipinski definition) is 1. The number of benzene rings is 2. The molecule has 6 heteroatoms. The highest BCUT2D eigenvalue weighted by molar-refractivity contribution is 6.21. The summed E-state index contributed by atoms with van der Waals surface area (Å²) in [7, 11) is 0. The second kappa shape index (κ2) is 7.27. The fourth-order valence-electron chi connectivity index (χ4n) is 2.73. The molecule has 3 rings (SSSR count). The molecule has 1 aliphatic rings. The Morgan fingerprint density at radius 2 is 1.72 bits per heavy atom. The molecule has 0 fully saturated rings. The maximum atomic E-state index is 12.5. The lowest BCUT2D eigenvalue weighted by Crippen LogP contribution is -2.31. The number of aliphatic hydroxyl groups is 1. The molecule has 0 aromatic heterocycles. The summed E-state index contributed by atoms with van der Waals surface area (Å²) in [6, 6.07) is 13.9. The van der Waals surface area contributed by atoms with Crippen LogP contribution in [0.5, 0.6) is 0 Å². The summed E-state index contributed by atoms with van der Waals surface area (Å²) >= 11 is 0. The van der Waals surface area contributed by atoms with E-state index in [9.17, 15) is 14.4 Å². The van der Waals surface area contributed by atoms with Crippen molar-refractivity contribution in [2.45, 2.75) is 6.42 Å². The third-order valence-corrected chi connectivity index (χ3v) is 4.00. The number of amides is 2. The molecule has 6 nitrogen and oxygen atoms in total. The quantitative estimate of drug-likeness (QED) is 0.639. The zero-order chi connectivity index (χ0) is 17.8. The second-order valence-corrected chi connectivity index (χ2v) is 5.62. The predicted octanol–water partition coefficient (Wildman–Crippen LogP) is 1.67. The van der Waals surface area contributed by atoms with Crippen LogP contribution in [0.25, 0.3) is 0 Å². The number of hydrogen-bond acceptors (Lipinski definition) is 5. The van der Waals surface area contributed by atoms with E-state index in [1.807, 2.05) is 30.3 Å². The van der Waals surface area contributed by atoms with E-state index in [0.717, 1.165) is 5.56 Å². The van der Waals surface area contributed by atoms with Gasteiger partial charge in [0, 0.05) is 6.54 Å². The van der Waals surface area contributed by atoms with Gasteiger partial charge in [-0.2, -0.15) is 0 Å².